The van der Waals surface area contributed by atoms with Gasteiger partial charge in [-0.25, -0.2) is 0 Å². The maximum absolute atomic E-state index is 5.23. The molecule has 0 aromatic heterocycles. The number of hydrogen-bond donors (Lipinski definition) is 0. The van der Waals surface area contributed by atoms with Crippen LogP contribution in [-0.4, -0.2) is 12.4 Å². The van der Waals surface area contributed by atoms with Gasteiger partial charge in [-0.3, -0.25) is 0 Å². The fraction of sp³-hybridized carbons (Fsp3) is 0.400. The van der Waals surface area contributed by atoms with E-state index in [1.54, 1.807) is 7.11 Å². The minimum absolute atomic E-state index is 0.598. The van der Waals surface area contributed by atoms with Gasteiger partial charge >= 0.3 is 0 Å². The van der Waals surface area contributed by atoms with Crippen molar-refractivity contribution in [3.05, 3.63) is 24.3 Å². The molecule has 1 aromatic rings. The molecular formula is C10H14OS. The highest BCUT2D eigenvalue weighted by Gasteiger charge is 2.03. The third kappa shape index (κ3) is 2.45. The summed E-state index contributed by atoms with van der Waals surface area (Å²) in [6.07, 6.45) is 0. The van der Waals surface area contributed by atoms with Crippen LogP contribution < -0.4 is 4.74 Å². The Labute approximate surface area is 78.1 Å². The van der Waals surface area contributed by atoms with Gasteiger partial charge in [0.2, 0.25) is 0 Å². The van der Waals surface area contributed by atoms with E-state index in [1.807, 2.05) is 30.0 Å². The van der Waals surface area contributed by atoms with Crippen LogP contribution in [0, 0.1) is 0 Å². The molecule has 66 valence electrons. The van der Waals surface area contributed by atoms with Crippen LogP contribution in [-0.2, 0) is 0 Å². The van der Waals surface area contributed by atoms with E-state index < -0.39 is 0 Å². The lowest BCUT2D eigenvalue weighted by Crippen LogP contribution is -1.89. The minimum Gasteiger partial charge on any atom is -0.496 e. The van der Waals surface area contributed by atoms with E-state index >= 15 is 0 Å². The Morgan fingerprint density at radius 3 is 2.50 bits per heavy atom. The number of rotatable bonds is 3. The van der Waals surface area contributed by atoms with Gasteiger partial charge in [0.05, 0.1) is 7.11 Å². The lowest BCUT2D eigenvalue weighted by atomic mass is 10.3. The first-order valence-corrected chi connectivity index (χ1v) is 4.91. The lowest BCUT2D eigenvalue weighted by molar-refractivity contribution is 0.405. The molecule has 0 spiro atoms. The molecule has 0 fully saturated rings. The van der Waals surface area contributed by atoms with Gasteiger partial charge in [0.15, 0.2) is 0 Å². The maximum atomic E-state index is 5.23. The Balaban J connectivity index is 2.82. The zero-order valence-corrected chi connectivity index (χ0v) is 8.52. The van der Waals surface area contributed by atoms with Gasteiger partial charge < -0.3 is 4.74 Å². The molecule has 0 unspecified atom stereocenters. The third-order valence-corrected chi connectivity index (χ3v) is 2.49. The Kier molecular flexibility index (Phi) is 3.48. The molecule has 1 nitrogen and oxygen atoms in total. The van der Waals surface area contributed by atoms with Gasteiger partial charge in [-0.05, 0) is 12.1 Å². The van der Waals surface area contributed by atoms with Crippen molar-refractivity contribution in [3.63, 3.8) is 0 Å². The molecule has 12 heavy (non-hydrogen) atoms. The number of para-hydroxylation sites is 1. The topological polar surface area (TPSA) is 9.23 Å². The first-order valence-electron chi connectivity index (χ1n) is 4.03. The molecule has 0 saturated carbocycles. The fourth-order valence-corrected chi connectivity index (χ4v) is 1.90. The highest BCUT2D eigenvalue weighted by Crippen LogP contribution is 2.31. The van der Waals surface area contributed by atoms with Crippen LogP contribution >= 0.6 is 11.8 Å². The van der Waals surface area contributed by atoms with Crippen molar-refractivity contribution in [2.75, 3.05) is 7.11 Å². The van der Waals surface area contributed by atoms with Crippen molar-refractivity contribution in [1.82, 2.24) is 0 Å². The standard InChI is InChI=1S/C10H14OS/c1-8(2)12-10-7-5-4-6-9(10)11-3/h4-8H,1-3H3. The van der Waals surface area contributed by atoms with Gasteiger partial charge in [-0.1, -0.05) is 26.0 Å². The van der Waals surface area contributed by atoms with Gasteiger partial charge in [0.1, 0.15) is 5.75 Å². The zero-order chi connectivity index (χ0) is 8.97. The van der Waals surface area contributed by atoms with Crippen LogP contribution in [0.4, 0.5) is 0 Å². The van der Waals surface area contributed by atoms with Gasteiger partial charge in [0.25, 0.3) is 0 Å². The van der Waals surface area contributed by atoms with E-state index in [9.17, 15) is 0 Å². The summed E-state index contributed by atoms with van der Waals surface area (Å²) in [4.78, 5) is 1.22. The number of methoxy groups -OCH3 is 1. The summed E-state index contributed by atoms with van der Waals surface area (Å²) < 4.78 is 5.23. The second-order valence-corrected chi connectivity index (χ2v) is 4.44. The highest BCUT2D eigenvalue weighted by molar-refractivity contribution is 8.00. The first kappa shape index (κ1) is 9.46. The molecule has 0 heterocycles. The molecule has 0 bridgehead atoms. The summed E-state index contributed by atoms with van der Waals surface area (Å²) in [5.74, 6) is 0.969. The number of thioether (sulfide) groups is 1. The van der Waals surface area contributed by atoms with Crippen molar-refractivity contribution < 1.29 is 4.74 Å². The van der Waals surface area contributed by atoms with Gasteiger partial charge in [-0.2, -0.15) is 0 Å². The summed E-state index contributed by atoms with van der Waals surface area (Å²) in [5.41, 5.74) is 0. The number of benzene rings is 1. The molecule has 1 rings (SSSR count). The van der Waals surface area contributed by atoms with E-state index in [0.29, 0.717) is 5.25 Å². The van der Waals surface area contributed by atoms with E-state index in [2.05, 4.69) is 19.9 Å². The average molecular weight is 182 g/mol. The summed E-state index contributed by atoms with van der Waals surface area (Å²) in [5, 5.41) is 0.598. The molecule has 0 aliphatic rings. The minimum atomic E-state index is 0.598. The van der Waals surface area contributed by atoms with E-state index in [0.717, 1.165) is 5.75 Å². The van der Waals surface area contributed by atoms with Crippen LogP contribution in [0.15, 0.2) is 29.2 Å². The largest absolute Gasteiger partial charge is 0.496 e. The van der Waals surface area contributed by atoms with Crippen molar-refractivity contribution >= 4 is 11.8 Å². The summed E-state index contributed by atoms with van der Waals surface area (Å²) in [6.45, 7) is 4.36. The number of hydrogen-bond acceptors (Lipinski definition) is 2. The molecule has 2 heteroatoms. The first-order chi connectivity index (χ1) is 5.74. The van der Waals surface area contributed by atoms with Crippen molar-refractivity contribution in [2.24, 2.45) is 0 Å². The summed E-state index contributed by atoms with van der Waals surface area (Å²) in [6, 6.07) is 8.10. The van der Waals surface area contributed by atoms with Gasteiger partial charge in [0, 0.05) is 10.1 Å². The summed E-state index contributed by atoms with van der Waals surface area (Å²) in [7, 11) is 1.71. The van der Waals surface area contributed by atoms with Crippen LogP contribution in [0.5, 0.6) is 5.75 Å². The number of ether oxygens (including phenoxy) is 1. The second kappa shape index (κ2) is 4.41. The van der Waals surface area contributed by atoms with E-state index in [-0.39, 0.29) is 0 Å². The molecule has 0 N–H and O–H groups in total. The molecule has 0 radical (unpaired) electrons. The quantitative estimate of drug-likeness (QED) is 0.664. The third-order valence-electron chi connectivity index (χ3n) is 1.43. The van der Waals surface area contributed by atoms with E-state index in [4.69, 9.17) is 4.74 Å². The van der Waals surface area contributed by atoms with Gasteiger partial charge in [-0.15, -0.1) is 11.8 Å². The van der Waals surface area contributed by atoms with Crippen LogP contribution in [0.2, 0.25) is 0 Å². The smallest absolute Gasteiger partial charge is 0.132 e. The Bertz CT molecular complexity index is 245. The molecule has 0 aliphatic heterocycles. The Morgan fingerprint density at radius 1 is 1.25 bits per heavy atom. The SMILES string of the molecule is COc1ccccc1SC(C)C. The van der Waals surface area contributed by atoms with Crippen molar-refractivity contribution in [3.8, 4) is 5.75 Å². The second-order valence-electron chi connectivity index (χ2n) is 2.82. The molecular weight excluding hydrogens is 168 g/mol. The van der Waals surface area contributed by atoms with Crippen molar-refractivity contribution in [2.45, 2.75) is 24.0 Å². The normalized spacial score (nSPS) is 10.3. The predicted octanol–water partition coefficient (Wildman–Crippen LogP) is 3.20. The molecule has 1 aromatic carbocycles. The Morgan fingerprint density at radius 2 is 1.92 bits per heavy atom. The Hall–Kier alpha value is -0.630. The fourth-order valence-electron chi connectivity index (χ4n) is 0.970. The maximum Gasteiger partial charge on any atom is 0.132 e. The lowest BCUT2D eigenvalue weighted by Gasteiger charge is -2.08. The molecule has 0 aliphatic carbocycles. The molecule has 0 amide bonds. The van der Waals surface area contributed by atoms with E-state index in [1.165, 1.54) is 4.90 Å². The predicted molar refractivity (Wildman–Crippen MR) is 54.0 cm³/mol. The van der Waals surface area contributed by atoms with Crippen LogP contribution in [0.1, 0.15) is 13.8 Å². The monoisotopic (exact) mass is 182 g/mol. The van der Waals surface area contributed by atoms with Crippen LogP contribution in [0.3, 0.4) is 0 Å². The van der Waals surface area contributed by atoms with Crippen LogP contribution in [0.25, 0.3) is 0 Å². The highest BCUT2D eigenvalue weighted by atomic mass is 32.2. The molecule has 0 saturated heterocycles. The van der Waals surface area contributed by atoms with Crippen molar-refractivity contribution in [1.29, 1.82) is 0 Å². The zero-order valence-electron chi connectivity index (χ0n) is 7.70. The average Bonchev–Trinajstić information content (AvgIpc) is 2.04. The summed E-state index contributed by atoms with van der Waals surface area (Å²) >= 11 is 1.82. The molecule has 0 atom stereocenters.